The summed E-state index contributed by atoms with van der Waals surface area (Å²) in [5.41, 5.74) is 8.91. The molecule has 6 N–H and O–H groups in total. The Balaban J connectivity index is 1.74. The van der Waals surface area contributed by atoms with Crippen LogP contribution in [0.3, 0.4) is 0 Å². The topological polar surface area (TPSA) is 159 Å². The number of carbonyl (C=O) groups excluding carboxylic acids is 4. The Morgan fingerprint density at radius 2 is 1.18 bits per heavy atom. The van der Waals surface area contributed by atoms with Crippen molar-refractivity contribution in [3.05, 3.63) is 102 Å². The molecule has 2 aromatic carbocycles. The van der Waals surface area contributed by atoms with Crippen LogP contribution in [-0.2, 0) is 38.6 Å². The van der Waals surface area contributed by atoms with E-state index in [1.165, 1.54) is 0 Å². The van der Waals surface area contributed by atoms with Gasteiger partial charge in [0.05, 0.1) is 6.04 Å². The van der Waals surface area contributed by atoms with Crippen LogP contribution in [-0.4, -0.2) is 78.3 Å². The molecule has 0 aliphatic heterocycles. The van der Waals surface area contributed by atoms with Crippen molar-refractivity contribution in [1.82, 2.24) is 31.2 Å². The molecule has 0 fully saturated rings. The smallest absolute Gasteiger partial charge is 0.243 e. The van der Waals surface area contributed by atoms with E-state index in [2.05, 4.69) is 31.2 Å². The van der Waals surface area contributed by atoms with Crippen molar-refractivity contribution in [1.29, 1.82) is 0 Å². The second kappa shape index (κ2) is 21.4. The molecule has 0 spiro atoms. The molecular formula is C38H53N7O4. The quantitative estimate of drug-likeness (QED) is 0.109. The summed E-state index contributed by atoms with van der Waals surface area (Å²) in [5.74, 6) is -1.69. The lowest BCUT2D eigenvalue weighted by Gasteiger charge is -2.26. The van der Waals surface area contributed by atoms with Gasteiger partial charge >= 0.3 is 0 Å². The highest BCUT2D eigenvalue weighted by molar-refractivity contribution is 5.95. The minimum absolute atomic E-state index is 0.213. The molecule has 0 radical (unpaired) electrons. The zero-order valence-electron chi connectivity index (χ0n) is 29.1. The highest BCUT2D eigenvalue weighted by Crippen LogP contribution is 2.10. The summed E-state index contributed by atoms with van der Waals surface area (Å²) in [5, 5.41) is 11.6. The van der Waals surface area contributed by atoms with Crippen LogP contribution in [0.2, 0.25) is 0 Å². The summed E-state index contributed by atoms with van der Waals surface area (Å²) in [6, 6.07) is 18.9. The van der Waals surface area contributed by atoms with E-state index in [0.29, 0.717) is 32.2 Å². The number of nitrogens with one attached hydrogen (secondary N) is 4. The van der Waals surface area contributed by atoms with Crippen LogP contribution in [0.5, 0.6) is 0 Å². The summed E-state index contributed by atoms with van der Waals surface area (Å²) in [7, 11) is 3.98. The number of hydrogen-bond donors (Lipinski definition) is 5. The molecule has 3 aromatic rings. The Morgan fingerprint density at radius 1 is 0.653 bits per heavy atom. The Hall–Kier alpha value is -4.61. The zero-order chi connectivity index (χ0) is 35.4. The van der Waals surface area contributed by atoms with Gasteiger partial charge in [-0.15, -0.1) is 0 Å². The fourth-order valence-electron chi connectivity index (χ4n) is 5.38. The lowest BCUT2D eigenvalue weighted by molar-refractivity contribution is -0.134. The van der Waals surface area contributed by atoms with E-state index >= 15 is 0 Å². The van der Waals surface area contributed by atoms with Crippen molar-refractivity contribution in [2.45, 2.75) is 89.0 Å². The highest BCUT2D eigenvalue weighted by atomic mass is 16.2. The second-order valence-corrected chi connectivity index (χ2v) is 12.7. The maximum absolute atomic E-state index is 13.9. The number of unbranched alkanes of at least 4 members (excludes halogenated alkanes) is 2. The van der Waals surface area contributed by atoms with Crippen molar-refractivity contribution >= 4 is 23.6 Å². The third-order valence-corrected chi connectivity index (χ3v) is 8.23. The minimum atomic E-state index is -0.973. The van der Waals surface area contributed by atoms with Crippen molar-refractivity contribution in [3.63, 3.8) is 0 Å². The number of nitrogens with zero attached hydrogens (tertiary/aromatic N) is 2. The van der Waals surface area contributed by atoms with E-state index in [4.69, 9.17) is 5.73 Å². The monoisotopic (exact) mass is 671 g/mol. The summed E-state index contributed by atoms with van der Waals surface area (Å²) >= 11 is 0. The number of hydrogen-bond acceptors (Lipinski definition) is 7. The molecule has 0 bridgehead atoms. The number of benzene rings is 2. The van der Waals surface area contributed by atoms with Crippen LogP contribution in [0.4, 0.5) is 0 Å². The Kier molecular flexibility index (Phi) is 16.9. The molecule has 0 saturated heterocycles. The highest BCUT2D eigenvalue weighted by Gasteiger charge is 2.30. The molecule has 264 valence electrons. The summed E-state index contributed by atoms with van der Waals surface area (Å²) < 4.78 is 0. The van der Waals surface area contributed by atoms with Crippen LogP contribution in [0, 0.1) is 0 Å². The molecular weight excluding hydrogens is 618 g/mol. The largest absolute Gasteiger partial charge is 0.350 e. The number of amides is 4. The van der Waals surface area contributed by atoms with Crippen LogP contribution in [0.25, 0.3) is 0 Å². The fraction of sp³-hybridized carbons (Fsp3) is 0.447. The molecule has 11 heteroatoms. The molecule has 1 unspecified atom stereocenters. The lowest BCUT2D eigenvalue weighted by Crippen LogP contribution is -2.58. The average Bonchev–Trinajstić information content (AvgIpc) is 3.10. The Labute approximate surface area is 290 Å². The second-order valence-electron chi connectivity index (χ2n) is 12.7. The van der Waals surface area contributed by atoms with Gasteiger partial charge in [-0.2, -0.15) is 0 Å². The van der Waals surface area contributed by atoms with Crippen molar-refractivity contribution < 1.29 is 19.2 Å². The molecule has 11 nitrogen and oxygen atoms in total. The summed E-state index contributed by atoms with van der Waals surface area (Å²) in [6.07, 6.45) is 7.74. The van der Waals surface area contributed by atoms with Gasteiger partial charge in [-0.25, -0.2) is 0 Å². The van der Waals surface area contributed by atoms with E-state index in [0.717, 1.165) is 42.5 Å². The molecule has 1 aromatic heterocycles. The summed E-state index contributed by atoms with van der Waals surface area (Å²) in [6.45, 7) is 3.16. The van der Waals surface area contributed by atoms with Gasteiger partial charge in [-0.3, -0.25) is 24.2 Å². The first-order valence-electron chi connectivity index (χ1n) is 17.2. The van der Waals surface area contributed by atoms with Gasteiger partial charge in [0.2, 0.25) is 23.6 Å². The third kappa shape index (κ3) is 14.6. The summed E-state index contributed by atoms with van der Waals surface area (Å²) in [4.78, 5) is 60.4. The van der Waals surface area contributed by atoms with Gasteiger partial charge in [0.1, 0.15) is 18.1 Å². The van der Waals surface area contributed by atoms with E-state index in [-0.39, 0.29) is 12.3 Å². The molecule has 3 rings (SSSR count). The first-order chi connectivity index (χ1) is 23.7. The van der Waals surface area contributed by atoms with E-state index < -0.39 is 41.9 Å². The number of nitrogens with two attached hydrogens (primary N) is 1. The van der Waals surface area contributed by atoms with Gasteiger partial charge in [0.15, 0.2) is 0 Å². The maximum Gasteiger partial charge on any atom is 0.243 e. The van der Waals surface area contributed by atoms with Crippen LogP contribution >= 0.6 is 0 Å². The predicted octanol–water partition coefficient (Wildman–Crippen LogP) is 2.89. The van der Waals surface area contributed by atoms with E-state index in [9.17, 15) is 19.2 Å². The lowest BCUT2D eigenvalue weighted by atomic mass is 10.0. The SMILES string of the molecule is CCCC[C@@H](NC(=O)[C@@H](Cc1ccccc1)NC(=O)[C@H](N)Cc1ccccc1)C(=O)NC(CCCCN(C)C)C(=O)NCc1ccncc1. The van der Waals surface area contributed by atoms with Crippen molar-refractivity contribution in [2.75, 3.05) is 20.6 Å². The molecule has 0 aliphatic carbocycles. The van der Waals surface area contributed by atoms with Gasteiger partial charge in [0.25, 0.3) is 0 Å². The van der Waals surface area contributed by atoms with Crippen molar-refractivity contribution in [3.8, 4) is 0 Å². The zero-order valence-corrected chi connectivity index (χ0v) is 29.1. The number of pyridine rings is 1. The normalized spacial score (nSPS) is 13.5. The van der Waals surface area contributed by atoms with E-state index in [1.807, 2.05) is 93.8 Å². The van der Waals surface area contributed by atoms with Crippen LogP contribution in [0.15, 0.2) is 85.2 Å². The van der Waals surface area contributed by atoms with Crippen LogP contribution < -0.4 is 27.0 Å². The number of carbonyl (C=O) groups is 4. The molecule has 0 aliphatic rings. The minimum Gasteiger partial charge on any atom is -0.350 e. The Bertz CT molecular complexity index is 1420. The van der Waals surface area contributed by atoms with Gasteiger partial charge < -0.3 is 31.9 Å². The van der Waals surface area contributed by atoms with E-state index in [1.54, 1.807) is 12.4 Å². The molecule has 4 atom stereocenters. The Morgan fingerprint density at radius 3 is 1.78 bits per heavy atom. The van der Waals surface area contributed by atoms with Crippen molar-refractivity contribution in [2.24, 2.45) is 5.73 Å². The maximum atomic E-state index is 13.9. The molecule has 4 amide bonds. The third-order valence-electron chi connectivity index (χ3n) is 8.23. The average molecular weight is 672 g/mol. The molecule has 1 heterocycles. The number of rotatable bonds is 21. The van der Waals surface area contributed by atoms with Gasteiger partial charge in [-0.1, -0.05) is 80.4 Å². The number of aromatic nitrogens is 1. The molecule has 49 heavy (non-hydrogen) atoms. The first kappa shape index (κ1) is 38.8. The fourth-order valence-corrected chi connectivity index (χ4v) is 5.38. The molecule has 0 saturated carbocycles. The van der Waals surface area contributed by atoms with Crippen LogP contribution in [0.1, 0.15) is 62.1 Å². The standard InChI is InChI=1S/C38H53N7O4/c1-4-5-18-33(37(48)42-32(19-12-13-24-45(2)3)36(47)41-27-30-20-22-40-23-21-30)43-38(49)34(26-29-16-10-7-11-17-29)44-35(46)31(39)25-28-14-8-6-9-15-28/h6-11,14-17,20-23,31-34H,4-5,12-13,18-19,24-27,39H2,1-3H3,(H,41,47)(H,42,48)(H,43,49)(H,44,46)/t31-,32?,33-,34-/m1/s1. The predicted molar refractivity (Wildman–Crippen MR) is 192 cm³/mol. The van der Waals surface area contributed by atoms with Gasteiger partial charge in [-0.05, 0) is 81.6 Å². The van der Waals surface area contributed by atoms with Gasteiger partial charge in [0, 0.05) is 25.4 Å². The first-order valence-corrected chi connectivity index (χ1v) is 17.2.